The molecular weight excluding hydrogens is 269 g/mol. The highest BCUT2D eigenvalue weighted by Gasteiger charge is 2.10. The van der Waals surface area contributed by atoms with Crippen LogP contribution in [0.25, 0.3) is 15.1 Å². The van der Waals surface area contributed by atoms with E-state index in [0.29, 0.717) is 17.0 Å². The summed E-state index contributed by atoms with van der Waals surface area (Å²) in [5.74, 6) is -0.259. The van der Waals surface area contributed by atoms with E-state index < -0.39 is 0 Å². The first kappa shape index (κ1) is 13.1. The molecule has 0 aliphatic carbocycles. The van der Waals surface area contributed by atoms with Crippen LogP contribution in [0.1, 0.15) is 24.6 Å². The predicted octanol–water partition coefficient (Wildman–Crippen LogP) is 5.31. The van der Waals surface area contributed by atoms with Crippen molar-refractivity contribution in [3.05, 3.63) is 40.5 Å². The van der Waals surface area contributed by atoms with Crippen molar-refractivity contribution in [1.82, 2.24) is 0 Å². The van der Waals surface area contributed by atoms with Crippen molar-refractivity contribution in [2.75, 3.05) is 0 Å². The molecule has 1 aromatic carbocycles. The van der Waals surface area contributed by atoms with Gasteiger partial charge < -0.3 is 0 Å². The van der Waals surface area contributed by atoms with Crippen molar-refractivity contribution >= 4 is 38.1 Å². The zero-order valence-corrected chi connectivity index (χ0v) is 11.4. The van der Waals surface area contributed by atoms with Gasteiger partial charge in [-0.05, 0) is 30.0 Å². The van der Waals surface area contributed by atoms with Gasteiger partial charge in [0.05, 0.1) is 11.1 Å². The number of hydrogen-bond acceptors (Lipinski definition) is 2. The Balaban J connectivity index is 2.51. The van der Waals surface area contributed by atoms with Crippen molar-refractivity contribution < 1.29 is 4.39 Å². The average molecular weight is 280 g/mol. The molecule has 1 nitrogen and oxygen atoms in total. The zero-order chi connectivity index (χ0) is 13.1. The number of nitriles is 1. The second kappa shape index (κ2) is 5.51. The lowest BCUT2D eigenvalue weighted by molar-refractivity contribution is 0.630. The van der Waals surface area contributed by atoms with Gasteiger partial charge in [0.2, 0.25) is 0 Å². The summed E-state index contributed by atoms with van der Waals surface area (Å²) in [5.41, 5.74) is 0.589. The SMILES string of the molecule is CCC/C(C#N)=C(/Cl)c1cc2ccc(F)cc2s1. The van der Waals surface area contributed by atoms with E-state index in [9.17, 15) is 4.39 Å². The zero-order valence-electron chi connectivity index (χ0n) is 9.84. The van der Waals surface area contributed by atoms with E-state index in [1.165, 1.54) is 23.5 Å². The maximum atomic E-state index is 13.1. The van der Waals surface area contributed by atoms with Crippen molar-refractivity contribution in [1.29, 1.82) is 5.26 Å². The molecule has 0 amide bonds. The van der Waals surface area contributed by atoms with E-state index in [0.717, 1.165) is 21.4 Å². The molecule has 2 rings (SSSR count). The second-order valence-electron chi connectivity index (χ2n) is 3.95. The Morgan fingerprint density at radius 2 is 2.22 bits per heavy atom. The van der Waals surface area contributed by atoms with Crippen LogP contribution in [0.5, 0.6) is 0 Å². The fourth-order valence-electron chi connectivity index (χ4n) is 1.73. The molecule has 18 heavy (non-hydrogen) atoms. The van der Waals surface area contributed by atoms with E-state index in [1.54, 1.807) is 6.07 Å². The van der Waals surface area contributed by atoms with Gasteiger partial charge in [-0.3, -0.25) is 0 Å². The van der Waals surface area contributed by atoms with Crippen molar-refractivity contribution in [2.24, 2.45) is 0 Å². The highest BCUT2D eigenvalue weighted by Crippen LogP contribution is 2.35. The molecule has 92 valence electrons. The van der Waals surface area contributed by atoms with Crippen LogP contribution < -0.4 is 0 Å². The van der Waals surface area contributed by atoms with E-state index in [-0.39, 0.29) is 5.82 Å². The largest absolute Gasteiger partial charge is 0.207 e. The smallest absolute Gasteiger partial charge is 0.124 e. The molecule has 0 aliphatic rings. The summed E-state index contributed by atoms with van der Waals surface area (Å²) in [6, 6.07) is 8.67. The molecule has 1 aromatic heterocycles. The molecule has 0 aliphatic heterocycles. The summed E-state index contributed by atoms with van der Waals surface area (Å²) in [7, 11) is 0. The Morgan fingerprint density at radius 3 is 2.89 bits per heavy atom. The van der Waals surface area contributed by atoms with Crippen LogP contribution >= 0.6 is 22.9 Å². The van der Waals surface area contributed by atoms with Gasteiger partial charge in [-0.25, -0.2) is 4.39 Å². The summed E-state index contributed by atoms with van der Waals surface area (Å²) in [6.45, 7) is 2.00. The Bertz CT molecular complexity index is 651. The van der Waals surface area contributed by atoms with Gasteiger partial charge in [0.25, 0.3) is 0 Å². The van der Waals surface area contributed by atoms with Crippen molar-refractivity contribution in [3.63, 3.8) is 0 Å². The maximum Gasteiger partial charge on any atom is 0.124 e. The first-order valence-corrected chi connectivity index (χ1v) is 6.83. The molecule has 4 heteroatoms. The maximum absolute atomic E-state index is 13.1. The van der Waals surface area contributed by atoms with Gasteiger partial charge in [0.1, 0.15) is 5.82 Å². The van der Waals surface area contributed by atoms with Crippen LogP contribution in [-0.2, 0) is 0 Å². The van der Waals surface area contributed by atoms with Gasteiger partial charge in [-0.2, -0.15) is 5.26 Å². The minimum Gasteiger partial charge on any atom is -0.207 e. The lowest BCUT2D eigenvalue weighted by Crippen LogP contribution is -1.81. The van der Waals surface area contributed by atoms with E-state index in [1.807, 2.05) is 13.0 Å². The number of halogens is 2. The molecule has 2 aromatic rings. The first-order chi connectivity index (χ1) is 8.65. The fraction of sp³-hybridized carbons (Fsp3) is 0.214. The third-order valence-corrected chi connectivity index (χ3v) is 4.26. The van der Waals surface area contributed by atoms with Crippen LogP contribution in [0.15, 0.2) is 29.8 Å². The number of benzene rings is 1. The predicted molar refractivity (Wildman–Crippen MR) is 75.1 cm³/mol. The highest BCUT2D eigenvalue weighted by atomic mass is 35.5. The van der Waals surface area contributed by atoms with Crippen LogP contribution in [0.2, 0.25) is 0 Å². The van der Waals surface area contributed by atoms with E-state index in [2.05, 4.69) is 6.07 Å². The summed E-state index contributed by atoms with van der Waals surface area (Å²) in [5, 5.41) is 10.5. The minimum atomic E-state index is -0.259. The van der Waals surface area contributed by atoms with Gasteiger partial charge >= 0.3 is 0 Å². The number of thiophene rings is 1. The minimum absolute atomic E-state index is 0.259. The van der Waals surface area contributed by atoms with E-state index >= 15 is 0 Å². The average Bonchev–Trinajstić information content (AvgIpc) is 2.77. The Hall–Kier alpha value is -1.37. The Morgan fingerprint density at radius 1 is 1.44 bits per heavy atom. The van der Waals surface area contributed by atoms with Gasteiger partial charge in [0.15, 0.2) is 0 Å². The number of nitrogens with zero attached hydrogens (tertiary/aromatic N) is 1. The molecule has 0 saturated heterocycles. The quantitative estimate of drug-likeness (QED) is 0.698. The summed E-state index contributed by atoms with van der Waals surface area (Å²) in [4.78, 5) is 0.822. The third kappa shape index (κ3) is 2.55. The Labute approximate surface area is 114 Å². The molecular formula is C14H11ClFNS. The standard InChI is InChI=1S/C14H11ClFNS/c1-2-3-10(8-17)14(15)13-6-9-4-5-11(16)7-12(9)18-13/h4-7H,2-3H2,1H3/b14-10-. The van der Waals surface area contributed by atoms with Crippen LogP contribution in [0.3, 0.4) is 0 Å². The fourth-order valence-corrected chi connectivity index (χ4v) is 3.09. The molecule has 0 radical (unpaired) electrons. The van der Waals surface area contributed by atoms with Crippen LogP contribution in [0, 0.1) is 17.1 Å². The van der Waals surface area contributed by atoms with Gasteiger partial charge in [-0.1, -0.05) is 31.0 Å². The number of allylic oxidation sites excluding steroid dienone is 1. The number of rotatable bonds is 3. The molecule has 0 N–H and O–H groups in total. The molecule has 1 heterocycles. The molecule has 0 fully saturated rings. The third-order valence-electron chi connectivity index (χ3n) is 2.60. The molecule has 0 saturated carbocycles. The normalized spacial score (nSPS) is 12.3. The number of fused-ring (bicyclic) bond motifs is 1. The topological polar surface area (TPSA) is 23.8 Å². The summed E-state index contributed by atoms with van der Waals surface area (Å²) >= 11 is 7.64. The lowest BCUT2D eigenvalue weighted by Gasteiger charge is -1.98. The van der Waals surface area contributed by atoms with Gasteiger partial charge in [-0.15, -0.1) is 11.3 Å². The monoisotopic (exact) mass is 279 g/mol. The van der Waals surface area contributed by atoms with Crippen molar-refractivity contribution in [3.8, 4) is 6.07 Å². The van der Waals surface area contributed by atoms with Crippen LogP contribution in [0.4, 0.5) is 4.39 Å². The summed E-state index contributed by atoms with van der Waals surface area (Å²) < 4.78 is 13.9. The highest BCUT2D eigenvalue weighted by molar-refractivity contribution is 7.20. The molecule has 0 bridgehead atoms. The summed E-state index contributed by atoms with van der Waals surface area (Å²) in [6.07, 6.45) is 1.54. The molecule has 0 atom stereocenters. The van der Waals surface area contributed by atoms with Gasteiger partial charge in [0, 0.05) is 15.2 Å². The van der Waals surface area contributed by atoms with Crippen LogP contribution in [-0.4, -0.2) is 0 Å². The number of hydrogen-bond donors (Lipinski definition) is 0. The first-order valence-electron chi connectivity index (χ1n) is 5.64. The van der Waals surface area contributed by atoms with E-state index in [4.69, 9.17) is 16.9 Å². The molecule has 0 unspecified atom stereocenters. The van der Waals surface area contributed by atoms with Crippen molar-refractivity contribution in [2.45, 2.75) is 19.8 Å². The lowest BCUT2D eigenvalue weighted by atomic mass is 10.1. The second-order valence-corrected chi connectivity index (χ2v) is 5.41. The Kier molecular flexibility index (Phi) is 4.00. The molecule has 0 spiro atoms.